The molecule has 0 aliphatic carbocycles. The number of rotatable bonds is 12. The number of hydrogen-bond donors (Lipinski definition) is 0. The van der Waals surface area contributed by atoms with E-state index in [0.29, 0.717) is 31.3 Å². The lowest BCUT2D eigenvalue weighted by atomic mass is 10.4. The number of carbonyl (C=O) groups excluding carboxylic acids is 2. The fourth-order valence-corrected chi connectivity index (χ4v) is 3.49. The number of carbonyl (C=O) groups is 2. The van der Waals surface area contributed by atoms with Crippen molar-refractivity contribution in [3.05, 3.63) is 24.8 Å². The van der Waals surface area contributed by atoms with E-state index >= 15 is 0 Å². The van der Waals surface area contributed by atoms with Crippen LogP contribution < -0.4 is 0 Å². The first-order chi connectivity index (χ1) is 11.8. The molecule has 0 aliphatic rings. The van der Waals surface area contributed by atoms with Gasteiger partial charge in [-0.3, -0.25) is 0 Å². The molecule has 0 radical (unpaired) electrons. The summed E-state index contributed by atoms with van der Waals surface area (Å²) in [5.41, 5.74) is 0.480. The molecule has 25 heavy (non-hydrogen) atoms. The van der Waals surface area contributed by atoms with Crippen LogP contribution in [0.25, 0.3) is 0 Å². The molecule has 7 nitrogen and oxygen atoms in total. The molecule has 0 aromatic heterocycles. The van der Waals surface area contributed by atoms with Gasteiger partial charge in [0.15, 0.2) is 0 Å². The maximum absolute atomic E-state index is 10.7. The van der Waals surface area contributed by atoms with E-state index < -0.39 is 14.8 Å². The summed E-state index contributed by atoms with van der Waals surface area (Å²) in [5, 5.41) is 0. The van der Waals surface area contributed by atoms with Crippen molar-refractivity contribution < 1.29 is 32.3 Å². The highest BCUT2D eigenvalue weighted by Gasteiger charge is 2.36. The van der Waals surface area contributed by atoms with Crippen molar-refractivity contribution in [3.8, 4) is 0 Å². The molecular weight excluding hydrogens is 360 g/mol. The Morgan fingerprint density at radius 2 is 1.56 bits per heavy atom. The smallest absolute Gasteiger partial charge is 0.463 e. The number of hydrogen-bond acceptors (Lipinski definition) is 7. The molecular formula is C16H32O7Si2. The van der Waals surface area contributed by atoms with E-state index in [2.05, 4.69) is 13.2 Å². The normalized spacial score (nSPS) is 10.4. The van der Waals surface area contributed by atoms with Crippen LogP contribution in [0.2, 0.25) is 12.1 Å². The Kier molecular flexibility index (Phi) is 16.8. The summed E-state index contributed by atoms with van der Waals surface area (Å²) < 4.78 is 25.3. The molecule has 0 rings (SSSR count). The van der Waals surface area contributed by atoms with Gasteiger partial charge in [0, 0.05) is 49.3 Å². The van der Waals surface area contributed by atoms with Gasteiger partial charge in [-0.25, -0.2) is 9.59 Å². The molecule has 0 fully saturated rings. The van der Waals surface area contributed by atoms with Crippen LogP contribution in [0.4, 0.5) is 0 Å². The van der Waals surface area contributed by atoms with E-state index in [1.54, 1.807) is 28.3 Å². The zero-order valence-corrected chi connectivity index (χ0v) is 19.1. The predicted octanol–water partition coefficient (Wildman–Crippen LogP) is 1.26. The molecule has 0 saturated heterocycles. The highest BCUT2D eigenvalue weighted by molar-refractivity contribution is 6.60. The SMILES string of the molecule is C=C(C)C(=O)OCCC[SiH3].C=CC(=O)OCCC[Si](OC)(OC)OC. The molecule has 9 heteroatoms. The Labute approximate surface area is 155 Å². The van der Waals surface area contributed by atoms with Crippen molar-refractivity contribution in [1.82, 2.24) is 0 Å². The Hall–Kier alpha value is -1.27. The van der Waals surface area contributed by atoms with Gasteiger partial charge in [0.25, 0.3) is 0 Å². The van der Waals surface area contributed by atoms with Crippen LogP contribution in [-0.2, 0) is 32.3 Å². The zero-order valence-electron chi connectivity index (χ0n) is 16.1. The first-order valence-corrected chi connectivity index (χ1v) is 11.4. The lowest BCUT2D eigenvalue weighted by molar-refractivity contribution is -0.139. The first kappa shape index (κ1) is 26.0. The number of ether oxygens (including phenoxy) is 2. The molecule has 0 heterocycles. The second kappa shape index (κ2) is 16.2. The predicted molar refractivity (Wildman–Crippen MR) is 102 cm³/mol. The summed E-state index contributed by atoms with van der Waals surface area (Å²) in [6.45, 7) is 9.29. The Bertz CT molecular complexity index is 401. The van der Waals surface area contributed by atoms with Crippen molar-refractivity contribution >= 4 is 31.0 Å². The third-order valence-corrected chi connectivity index (χ3v) is 6.59. The van der Waals surface area contributed by atoms with Gasteiger partial charge in [-0.2, -0.15) is 0 Å². The third-order valence-electron chi connectivity index (χ3n) is 3.05. The first-order valence-electron chi connectivity index (χ1n) is 8.09. The van der Waals surface area contributed by atoms with Crippen molar-refractivity contribution in [1.29, 1.82) is 0 Å². The van der Waals surface area contributed by atoms with Gasteiger partial charge in [0.05, 0.1) is 13.2 Å². The standard InChI is InChI=1S/C9H18O5Si.C7H14O2Si/c1-5-9(10)14-7-6-8-15(11-2,12-3)13-4;1-6(2)7(8)9-4-3-5-10/h5H,1,6-8H2,2-4H3;1,3-5H2,2,10H3. The summed E-state index contributed by atoms with van der Waals surface area (Å²) in [4.78, 5) is 21.4. The van der Waals surface area contributed by atoms with Crippen molar-refractivity contribution in [3.63, 3.8) is 0 Å². The highest BCUT2D eigenvalue weighted by Crippen LogP contribution is 2.14. The highest BCUT2D eigenvalue weighted by atomic mass is 28.4. The van der Waals surface area contributed by atoms with Crippen molar-refractivity contribution in [2.75, 3.05) is 34.5 Å². The fourth-order valence-electron chi connectivity index (χ4n) is 1.51. The van der Waals surface area contributed by atoms with Crippen LogP contribution in [0.1, 0.15) is 19.8 Å². The summed E-state index contributed by atoms with van der Waals surface area (Å²) in [6.07, 6.45) is 2.76. The Morgan fingerprint density at radius 3 is 1.96 bits per heavy atom. The average molecular weight is 393 g/mol. The van der Waals surface area contributed by atoms with Gasteiger partial charge in [-0.15, -0.1) is 0 Å². The van der Waals surface area contributed by atoms with E-state index in [1.165, 1.54) is 16.3 Å². The second-order valence-corrected chi connectivity index (χ2v) is 9.13. The lowest BCUT2D eigenvalue weighted by Crippen LogP contribution is -2.42. The molecule has 0 aliphatic heterocycles. The molecule has 0 unspecified atom stereocenters. The van der Waals surface area contributed by atoms with E-state index in [0.717, 1.165) is 12.5 Å². The topological polar surface area (TPSA) is 80.3 Å². The van der Waals surface area contributed by atoms with Crippen molar-refractivity contribution in [2.24, 2.45) is 0 Å². The van der Waals surface area contributed by atoms with Gasteiger partial charge in [-0.1, -0.05) is 19.2 Å². The van der Waals surface area contributed by atoms with Crippen LogP contribution in [0, 0.1) is 0 Å². The monoisotopic (exact) mass is 392 g/mol. The lowest BCUT2D eigenvalue weighted by Gasteiger charge is -2.23. The largest absolute Gasteiger partial charge is 0.500 e. The summed E-state index contributed by atoms with van der Waals surface area (Å²) >= 11 is 0. The van der Waals surface area contributed by atoms with Crippen LogP contribution in [0.15, 0.2) is 24.8 Å². The molecule has 0 aromatic carbocycles. The molecule has 0 bridgehead atoms. The van der Waals surface area contributed by atoms with Gasteiger partial charge in [0.1, 0.15) is 0 Å². The summed E-state index contributed by atoms with van der Waals surface area (Å²) in [6, 6.07) is 1.80. The van der Waals surface area contributed by atoms with Gasteiger partial charge in [-0.05, 0) is 19.8 Å². The van der Waals surface area contributed by atoms with E-state index in [9.17, 15) is 9.59 Å². The van der Waals surface area contributed by atoms with Crippen LogP contribution in [-0.4, -0.2) is 65.5 Å². The number of esters is 2. The van der Waals surface area contributed by atoms with Gasteiger partial charge < -0.3 is 22.8 Å². The molecule has 0 spiro atoms. The van der Waals surface area contributed by atoms with Crippen LogP contribution >= 0.6 is 0 Å². The fraction of sp³-hybridized carbons (Fsp3) is 0.625. The van der Waals surface area contributed by atoms with Crippen molar-refractivity contribution in [2.45, 2.75) is 31.9 Å². The van der Waals surface area contributed by atoms with E-state index in [1.807, 2.05) is 0 Å². The minimum absolute atomic E-state index is 0.268. The molecule has 0 atom stereocenters. The van der Waals surface area contributed by atoms with Crippen LogP contribution in [0.5, 0.6) is 0 Å². The molecule has 0 amide bonds. The van der Waals surface area contributed by atoms with Gasteiger partial charge in [0.2, 0.25) is 0 Å². The maximum atomic E-state index is 10.7. The zero-order chi connectivity index (χ0) is 19.7. The van der Waals surface area contributed by atoms with Crippen LogP contribution in [0.3, 0.4) is 0 Å². The Balaban J connectivity index is 0. The molecule has 0 aromatic rings. The Morgan fingerprint density at radius 1 is 1.04 bits per heavy atom. The average Bonchev–Trinajstić information content (AvgIpc) is 2.62. The molecule has 0 N–H and O–H groups in total. The third kappa shape index (κ3) is 13.7. The second-order valence-electron chi connectivity index (χ2n) is 5.04. The quantitative estimate of drug-likeness (QED) is 0.214. The van der Waals surface area contributed by atoms with E-state index in [4.69, 9.17) is 22.8 Å². The summed E-state index contributed by atoms with van der Waals surface area (Å²) in [5.74, 6) is -0.690. The van der Waals surface area contributed by atoms with E-state index in [-0.39, 0.29) is 5.97 Å². The van der Waals surface area contributed by atoms with Gasteiger partial charge >= 0.3 is 20.7 Å². The summed E-state index contributed by atoms with van der Waals surface area (Å²) in [7, 11) is 3.32. The minimum Gasteiger partial charge on any atom is -0.463 e. The molecule has 0 saturated carbocycles. The maximum Gasteiger partial charge on any atom is 0.500 e. The minimum atomic E-state index is -2.52. The molecule has 146 valence electrons.